The highest BCUT2D eigenvalue weighted by molar-refractivity contribution is 6.31. The summed E-state index contributed by atoms with van der Waals surface area (Å²) < 4.78 is 10.7. The lowest BCUT2D eigenvalue weighted by molar-refractivity contribution is 0.0299. The number of nitrogens with zero attached hydrogens (tertiary/aromatic N) is 3. The molecule has 2 aromatic rings. The number of rotatable bonds is 4. The summed E-state index contributed by atoms with van der Waals surface area (Å²) >= 11 is 6.15. The molecule has 1 aliphatic heterocycles. The Morgan fingerprint density at radius 2 is 1.96 bits per heavy atom. The number of benzene rings is 1. The van der Waals surface area contributed by atoms with E-state index in [1.165, 1.54) is 0 Å². The third-order valence-electron chi connectivity index (χ3n) is 4.10. The first kappa shape index (κ1) is 18.4. The van der Waals surface area contributed by atoms with Gasteiger partial charge in [-0.3, -0.25) is 4.79 Å². The number of ether oxygens (including phenoxy) is 2. The summed E-state index contributed by atoms with van der Waals surface area (Å²) in [6, 6.07) is 5.28. The van der Waals surface area contributed by atoms with E-state index in [0.717, 1.165) is 5.56 Å². The Kier molecular flexibility index (Phi) is 5.58. The second-order valence-electron chi connectivity index (χ2n) is 6.05. The number of aryl methyl sites for hydroxylation is 2. The number of halogens is 1. The predicted octanol–water partition coefficient (Wildman–Crippen LogP) is 2.97. The normalized spacial score (nSPS) is 14.2. The molecule has 1 aromatic carbocycles. The number of hydrogen-bond acceptors (Lipinski definition) is 6. The van der Waals surface area contributed by atoms with Crippen LogP contribution in [-0.2, 0) is 4.74 Å². The third kappa shape index (κ3) is 4.05. The van der Waals surface area contributed by atoms with E-state index >= 15 is 0 Å². The molecule has 3 rings (SSSR count). The number of methoxy groups -OCH3 is 1. The molecule has 26 heavy (non-hydrogen) atoms. The van der Waals surface area contributed by atoms with Crippen LogP contribution in [0.2, 0.25) is 5.02 Å². The van der Waals surface area contributed by atoms with Gasteiger partial charge in [-0.15, -0.1) is 0 Å². The monoisotopic (exact) mass is 376 g/mol. The van der Waals surface area contributed by atoms with E-state index in [4.69, 9.17) is 21.1 Å². The van der Waals surface area contributed by atoms with Gasteiger partial charge in [0.15, 0.2) is 0 Å². The van der Waals surface area contributed by atoms with Gasteiger partial charge in [0.25, 0.3) is 5.91 Å². The van der Waals surface area contributed by atoms with Crippen molar-refractivity contribution in [3.8, 4) is 5.75 Å². The Morgan fingerprint density at radius 3 is 2.65 bits per heavy atom. The van der Waals surface area contributed by atoms with Gasteiger partial charge in [0.2, 0.25) is 5.95 Å². The molecule has 1 amide bonds. The van der Waals surface area contributed by atoms with Crippen molar-refractivity contribution in [3.63, 3.8) is 0 Å². The number of carbonyl (C=O) groups excluding carboxylic acids is 1. The van der Waals surface area contributed by atoms with Gasteiger partial charge >= 0.3 is 0 Å². The summed E-state index contributed by atoms with van der Waals surface area (Å²) in [7, 11) is 1.57. The van der Waals surface area contributed by atoms with E-state index in [9.17, 15) is 4.79 Å². The highest BCUT2D eigenvalue weighted by Crippen LogP contribution is 2.32. The Balaban J connectivity index is 1.88. The molecule has 1 saturated heterocycles. The number of morpholine rings is 1. The van der Waals surface area contributed by atoms with E-state index in [-0.39, 0.29) is 5.91 Å². The first-order chi connectivity index (χ1) is 12.5. The Morgan fingerprint density at radius 1 is 1.23 bits per heavy atom. The van der Waals surface area contributed by atoms with E-state index in [1.54, 1.807) is 24.1 Å². The molecular weight excluding hydrogens is 356 g/mol. The molecule has 7 nitrogen and oxygen atoms in total. The summed E-state index contributed by atoms with van der Waals surface area (Å²) in [6.07, 6.45) is 0. The molecule has 1 fully saturated rings. The summed E-state index contributed by atoms with van der Waals surface area (Å²) in [5.41, 5.74) is 2.63. The van der Waals surface area contributed by atoms with Crippen molar-refractivity contribution in [2.24, 2.45) is 0 Å². The van der Waals surface area contributed by atoms with Gasteiger partial charge in [0, 0.05) is 29.9 Å². The van der Waals surface area contributed by atoms with Crippen LogP contribution in [0.25, 0.3) is 0 Å². The maximum atomic E-state index is 12.7. The lowest BCUT2D eigenvalue weighted by Crippen LogP contribution is -2.41. The van der Waals surface area contributed by atoms with Crippen molar-refractivity contribution >= 4 is 29.1 Å². The lowest BCUT2D eigenvalue weighted by atomic mass is 10.2. The number of aromatic nitrogens is 2. The van der Waals surface area contributed by atoms with Gasteiger partial charge < -0.3 is 19.7 Å². The summed E-state index contributed by atoms with van der Waals surface area (Å²) in [5.74, 6) is 0.787. The van der Waals surface area contributed by atoms with Crippen LogP contribution < -0.4 is 10.1 Å². The smallest absolute Gasteiger partial charge is 0.272 e. The minimum atomic E-state index is -0.124. The second-order valence-corrected chi connectivity index (χ2v) is 6.46. The molecule has 2 heterocycles. The molecule has 138 valence electrons. The number of hydrogen-bond donors (Lipinski definition) is 1. The molecule has 0 bridgehead atoms. The first-order valence-electron chi connectivity index (χ1n) is 8.32. The second kappa shape index (κ2) is 7.88. The van der Waals surface area contributed by atoms with Crippen LogP contribution in [0.1, 0.15) is 21.7 Å². The molecule has 0 saturated carbocycles. The van der Waals surface area contributed by atoms with Gasteiger partial charge in [-0.1, -0.05) is 11.6 Å². The zero-order chi connectivity index (χ0) is 18.7. The van der Waals surface area contributed by atoms with Gasteiger partial charge in [0.1, 0.15) is 11.4 Å². The fourth-order valence-electron chi connectivity index (χ4n) is 2.71. The molecule has 0 aliphatic carbocycles. The number of carbonyl (C=O) groups is 1. The van der Waals surface area contributed by atoms with Crippen LogP contribution in [-0.4, -0.2) is 54.2 Å². The molecule has 8 heteroatoms. The average Bonchev–Trinajstić information content (AvgIpc) is 2.64. The van der Waals surface area contributed by atoms with Gasteiger partial charge in [0.05, 0.1) is 26.0 Å². The number of nitrogens with one attached hydrogen (secondary N) is 1. The van der Waals surface area contributed by atoms with Gasteiger partial charge in [-0.05, 0) is 31.5 Å². The molecule has 0 unspecified atom stereocenters. The quantitative estimate of drug-likeness (QED) is 0.884. The van der Waals surface area contributed by atoms with Gasteiger partial charge in [-0.25, -0.2) is 9.97 Å². The van der Waals surface area contributed by atoms with Crippen LogP contribution >= 0.6 is 11.6 Å². The first-order valence-corrected chi connectivity index (χ1v) is 8.69. The van der Waals surface area contributed by atoms with Crippen molar-refractivity contribution < 1.29 is 14.3 Å². The van der Waals surface area contributed by atoms with Crippen molar-refractivity contribution in [2.45, 2.75) is 13.8 Å². The zero-order valence-corrected chi connectivity index (χ0v) is 15.8. The molecule has 0 radical (unpaired) electrons. The maximum Gasteiger partial charge on any atom is 0.272 e. The molecule has 0 spiro atoms. The van der Waals surface area contributed by atoms with Crippen molar-refractivity contribution in [3.05, 3.63) is 40.2 Å². The third-order valence-corrected chi connectivity index (χ3v) is 4.51. The van der Waals surface area contributed by atoms with E-state index < -0.39 is 0 Å². The van der Waals surface area contributed by atoms with E-state index in [1.807, 2.05) is 19.9 Å². The highest BCUT2D eigenvalue weighted by Gasteiger charge is 2.21. The minimum absolute atomic E-state index is 0.124. The summed E-state index contributed by atoms with van der Waals surface area (Å²) in [6.45, 7) is 5.94. The van der Waals surface area contributed by atoms with Crippen molar-refractivity contribution in [1.29, 1.82) is 0 Å². The van der Waals surface area contributed by atoms with Crippen molar-refractivity contribution in [2.75, 3.05) is 38.7 Å². The molecule has 0 atom stereocenters. The Labute approximate surface area is 157 Å². The number of amides is 1. The van der Waals surface area contributed by atoms with Crippen LogP contribution in [0.3, 0.4) is 0 Å². The predicted molar refractivity (Wildman–Crippen MR) is 99.5 cm³/mol. The molecule has 1 N–H and O–H groups in total. The zero-order valence-electron chi connectivity index (χ0n) is 15.0. The van der Waals surface area contributed by atoms with Crippen LogP contribution in [0.4, 0.5) is 11.6 Å². The number of anilines is 2. The summed E-state index contributed by atoms with van der Waals surface area (Å²) in [4.78, 5) is 23.2. The molecule has 1 aliphatic rings. The molecular formula is C18H21ClN4O3. The van der Waals surface area contributed by atoms with Crippen LogP contribution in [0, 0.1) is 13.8 Å². The standard InChI is InChI=1S/C18H21ClN4O3/c1-11-8-14(16(25-3)10-13(11)19)21-18-20-12(2)9-15(22-18)17(24)23-4-6-26-7-5-23/h8-10H,4-7H2,1-3H3,(H,20,21,22). The topological polar surface area (TPSA) is 76.6 Å². The highest BCUT2D eigenvalue weighted by atomic mass is 35.5. The fourth-order valence-corrected chi connectivity index (χ4v) is 2.87. The minimum Gasteiger partial charge on any atom is -0.495 e. The molecule has 1 aromatic heterocycles. The SMILES string of the molecule is COc1cc(Cl)c(C)cc1Nc1nc(C)cc(C(=O)N2CCOCC2)n1. The maximum absolute atomic E-state index is 12.7. The van der Waals surface area contributed by atoms with Crippen molar-refractivity contribution in [1.82, 2.24) is 14.9 Å². The Bertz CT molecular complexity index is 822. The Hall–Kier alpha value is -2.38. The van der Waals surface area contributed by atoms with Crippen LogP contribution in [0.5, 0.6) is 5.75 Å². The fraction of sp³-hybridized carbons (Fsp3) is 0.389. The largest absolute Gasteiger partial charge is 0.495 e. The van der Waals surface area contributed by atoms with E-state index in [2.05, 4.69) is 15.3 Å². The lowest BCUT2D eigenvalue weighted by Gasteiger charge is -2.26. The van der Waals surface area contributed by atoms with E-state index in [0.29, 0.717) is 60.1 Å². The summed E-state index contributed by atoms with van der Waals surface area (Å²) in [5, 5.41) is 3.74. The van der Waals surface area contributed by atoms with Gasteiger partial charge in [-0.2, -0.15) is 0 Å². The van der Waals surface area contributed by atoms with Crippen LogP contribution in [0.15, 0.2) is 18.2 Å². The average molecular weight is 377 g/mol.